The first kappa shape index (κ1) is 17.5. The zero-order valence-electron chi connectivity index (χ0n) is 15.0. The lowest BCUT2D eigenvalue weighted by molar-refractivity contribution is 0.0556. The molecule has 0 amide bonds. The van der Waals surface area contributed by atoms with Crippen molar-refractivity contribution in [2.75, 3.05) is 0 Å². The Bertz CT molecular complexity index is 906. The van der Waals surface area contributed by atoms with Gasteiger partial charge in [-0.15, -0.1) is 0 Å². The van der Waals surface area contributed by atoms with E-state index in [1.165, 1.54) is 12.8 Å². The second-order valence-corrected chi connectivity index (χ2v) is 8.86. The molecule has 1 atom stereocenters. The number of hydrogen-bond acceptors (Lipinski definition) is 3. The van der Waals surface area contributed by atoms with E-state index in [2.05, 4.69) is 37.9 Å². The minimum absolute atomic E-state index is 0.448. The number of aromatic nitrogens is 4. The Balaban J connectivity index is 1.47. The van der Waals surface area contributed by atoms with E-state index in [9.17, 15) is 5.11 Å². The Morgan fingerprint density at radius 3 is 2.62 bits per heavy atom. The number of halogens is 1. The van der Waals surface area contributed by atoms with E-state index in [4.69, 9.17) is 0 Å². The zero-order valence-corrected chi connectivity index (χ0v) is 16.6. The minimum atomic E-state index is -0.984. The van der Waals surface area contributed by atoms with Gasteiger partial charge in [0, 0.05) is 24.5 Å². The molecule has 5 nitrogen and oxygen atoms in total. The summed E-state index contributed by atoms with van der Waals surface area (Å²) in [4.78, 5) is 7.86. The number of aromatic amines is 1. The molecule has 4 rings (SSSR count). The fourth-order valence-corrected chi connectivity index (χ4v) is 3.56. The summed E-state index contributed by atoms with van der Waals surface area (Å²) in [5, 5.41) is 15.2. The Morgan fingerprint density at radius 2 is 2.00 bits per heavy atom. The highest BCUT2D eigenvalue weighted by Crippen LogP contribution is 2.47. The van der Waals surface area contributed by atoms with E-state index in [-0.39, 0.29) is 0 Å². The summed E-state index contributed by atoms with van der Waals surface area (Å²) < 4.78 is 2.72. The van der Waals surface area contributed by atoms with E-state index in [1.54, 1.807) is 10.9 Å². The molecule has 1 unspecified atom stereocenters. The first-order chi connectivity index (χ1) is 12.3. The molecule has 0 radical (unpaired) electrons. The van der Waals surface area contributed by atoms with Gasteiger partial charge in [0.05, 0.1) is 22.0 Å². The molecule has 1 aliphatic rings. The maximum atomic E-state index is 11.0. The molecular weight excluding hydrogens is 392 g/mol. The SMILES string of the molecule is CC1(Cc2cnc(CC(C)(O)c3ccc(-n4cc(Br)cn4)cc3)[nH]2)CC1. The predicted molar refractivity (Wildman–Crippen MR) is 104 cm³/mol. The molecular formula is C20H23BrN4O. The molecule has 3 aromatic rings. The lowest BCUT2D eigenvalue weighted by Gasteiger charge is -2.23. The van der Waals surface area contributed by atoms with Crippen LogP contribution in [0.1, 0.15) is 43.8 Å². The quantitative estimate of drug-likeness (QED) is 0.636. The first-order valence-corrected chi connectivity index (χ1v) is 9.69. The highest BCUT2D eigenvalue weighted by atomic mass is 79.9. The molecule has 1 saturated carbocycles. The Morgan fingerprint density at radius 1 is 1.27 bits per heavy atom. The lowest BCUT2D eigenvalue weighted by Crippen LogP contribution is -2.25. The van der Waals surface area contributed by atoms with Gasteiger partial charge in [-0.2, -0.15) is 5.10 Å². The average molecular weight is 415 g/mol. The van der Waals surface area contributed by atoms with E-state index >= 15 is 0 Å². The number of imidazole rings is 1. The molecule has 0 aliphatic heterocycles. The van der Waals surface area contributed by atoms with Crippen molar-refractivity contribution in [1.29, 1.82) is 0 Å². The van der Waals surface area contributed by atoms with Crippen LogP contribution in [0.15, 0.2) is 47.3 Å². The molecule has 136 valence electrons. The number of hydrogen-bond donors (Lipinski definition) is 2. The van der Waals surface area contributed by atoms with Crippen molar-refractivity contribution in [3.8, 4) is 5.69 Å². The van der Waals surface area contributed by atoms with E-state index in [1.807, 2.05) is 43.6 Å². The average Bonchev–Trinajstić information content (AvgIpc) is 2.95. The number of nitrogens with one attached hydrogen (secondary N) is 1. The van der Waals surface area contributed by atoms with Crippen molar-refractivity contribution in [2.45, 2.75) is 45.1 Å². The van der Waals surface area contributed by atoms with Crippen LogP contribution in [0.25, 0.3) is 5.69 Å². The summed E-state index contributed by atoms with van der Waals surface area (Å²) in [5.74, 6) is 0.828. The molecule has 2 aromatic heterocycles. The molecule has 2 N–H and O–H groups in total. The van der Waals surface area contributed by atoms with Gasteiger partial charge in [-0.05, 0) is 65.2 Å². The van der Waals surface area contributed by atoms with E-state index in [0.717, 1.165) is 33.7 Å². The Labute approximate surface area is 161 Å². The van der Waals surface area contributed by atoms with Crippen molar-refractivity contribution in [3.63, 3.8) is 0 Å². The van der Waals surface area contributed by atoms with Crippen LogP contribution in [-0.4, -0.2) is 24.9 Å². The van der Waals surface area contributed by atoms with Crippen LogP contribution in [0.3, 0.4) is 0 Å². The fraction of sp³-hybridized carbons (Fsp3) is 0.400. The number of nitrogens with zero attached hydrogens (tertiary/aromatic N) is 3. The van der Waals surface area contributed by atoms with Crippen LogP contribution < -0.4 is 0 Å². The van der Waals surface area contributed by atoms with Gasteiger partial charge in [0.1, 0.15) is 5.82 Å². The van der Waals surface area contributed by atoms with Gasteiger partial charge in [0.25, 0.3) is 0 Å². The molecule has 2 heterocycles. The predicted octanol–water partition coefficient (Wildman–Crippen LogP) is 4.15. The first-order valence-electron chi connectivity index (χ1n) is 8.89. The van der Waals surface area contributed by atoms with Crippen molar-refractivity contribution in [2.24, 2.45) is 5.41 Å². The van der Waals surface area contributed by atoms with Crippen LogP contribution >= 0.6 is 15.9 Å². The molecule has 6 heteroatoms. The summed E-state index contributed by atoms with van der Waals surface area (Å²) in [6, 6.07) is 7.81. The van der Waals surface area contributed by atoms with Crippen LogP contribution in [0, 0.1) is 5.41 Å². The van der Waals surface area contributed by atoms with E-state index < -0.39 is 5.60 Å². The van der Waals surface area contributed by atoms with Gasteiger partial charge in [-0.1, -0.05) is 19.1 Å². The molecule has 1 fully saturated rings. The highest BCUT2D eigenvalue weighted by Gasteiger charge is 2.37. The van der Waals surface area contributed by atoms with Crippen LogP contribution in [0.4, 0.5) is 0 Å². The van der Waals surface area contributed by atoms with E-state index in [0.29, 0.717) is 11.8 Å². The fourth-order valence-electron chi connectivity index (χ4n) is 3.28. The van der Waals surface area contributed by atoms with Crippen molar-refractivity contribution in [1.82, 2.24) is 19.7 Å². The van der Waals surface area contributed by atoms with Gasteiger partial charge in [-0.25, -0.2) is 9.67 Å². The molecule has 0 spiro atoms. The van der Waals surface area contributed by atoms with Gasteiger partial charge in [0.15, 0.2) is 0 Å². The maximum absolute atomic E-state index is 11.0. The third-order valence-corrected chi connectivity index (χ3v) is 5.63. The third-order valence-electron chi connectivity index (χ3n) is 5.22. The summed E-state index contributed by atoms with van der Waals surface area (Å²) in [5.41, 5.74) is 2.44. The summed E-state index contributed by atoms with van der Waals surface area (Å²) in [7, 11) is 0. The highest BCUT2D eigenvalue weighted by molar-refractivity contribution is 9.10. The van der Waals surface area contributed by atoms with Crippen LogP contribution in [0.5, 0.6) is 0 Å². The number of aliphatic hydroxyl groups is 1. The van der Waals surface area contributed by atoms with Crippen molar-refractivity contribution in [3.05, 3.63) is 64.4 Å². The van der Waals surface area contributed by atoms with Gasteiger partial charge >= 0.3 is 0 Å². The number of benzene rings is 1. The smallest absolute Gasteiger partial charge is 0.109 e. The molecule has 0 saturated heterocycles. The van der Waals surface area contributed by atoms with Crippen LogP contribution in [-0.2, 0) is 18.4 Å². The van der Waals surface area contributed by atoms with Crippen molar-refractivity contribution < 1.29 is 5.11 Å². The third kappa shape index (κ3) is 3.76. The molecule has 0 bridgehead atoms. The van der Waals surface area contributed by atoms with Gasteiger partial charge in [0.2, 0.25) is 0 Å². The largest absolute Gasteiger partial charge is 0.385 e. The molecule has 1 aromatic carbocycles. The summed E-state index contributed by atoms with van der Waals surface area (Å²) in [6.07, 6.45) is 9.63. The second kappa shape index (κ2) is 6.35. The summed E-state index contributed by atoms with van der Waals surface area (Å²) >= 11 is 3.40. The topological polar surface area (TPSA) is 66.7 Å². The zero-order chi connectivity index (χ0) is 18.4. The van der Waals surface area contributed by atoms with Gasteiger partial charge < -0.3 is 10.1 Å². The molecule has 1 aliphatic carbocycles. The monoisotopic (exact) mass is 414 g/mol. The maximum Gasteiger partial charge on any atom is 0.109 e. The molecule has 26 heavy (non-hydrogen) atoms. The number of H-pyrrole nitrogens is 1. The standard InChI is InChI=1S/C20H23BrN4O/c1-19(7-8-19)9-16-12-22-18(24-16)10-20(2,26)14-3-5-17(6-4-14)25-13-15(21)11-23-25/h3-6,11-13,26H,7-10H2,1-2H3,(H,22,24). The normalized spacial score (nSPS) is 17.8. The second-order valence-electron chi connectivity index (χ2n) is 7.94. The van der Waals surface area contributed by atoms with Gasteiger partial charge in [-0.3, -0.25) is 0 Å². The Kier molecular flexibility index (Phi) is 4.28. The summed E-state index contributed by atoms with van der Waals surface area (Å²) in [6.45, 7) is 4.14. The van der Waals surface area contributed by atoms with Crippen molar-refractivity contribution >= 4 is 15.9 Å². The Hall–Kier alpha value is -1.92. The number of rotatable bonds is 6. The minimum Gasteiger partial charge on any atom is -0.385 e. The lowest BCUT2D eigenvalue weighted by atomic mass is 9.92. The van der Waals surface area contributed by atoms with Crippen LogP contribution in [0.2, 0.25) is 0 Å².